The van der Waals surface area contributed by atoms with Crippen molar-refractivity contribution in [1.29, 1.82) is 0 Å². The summed E-state index contributed by atoms with van der Waals surface area (Å²) in [5, 5.41) is 17.6. The molecule has 0 amide bonds. The fraction of sp³-hybridized carbons (Fsp3) is 0. The number of carboxylic acid groups (broad SMARTS) is 1. The molecule has 1 aromatic rings. The molecule has 0 aliphatic carbocycles. The van der Waals surface area contributed by atoms with E-state index in [0.717, 1.165) is 6.08 Å². The molecule has 0 spiro atoms. The molecule has 2 N–H and O–H groups in total. The van der Waals surface area contributed by atoms with Crippen LogP contribution in [0.5, 0.6) is 5.75 Å². The number of aromatic hydroxyl groups is 1. The van der Waals surface area contributed by atoms with Crippen molar-refractivity contribution >= 4 is 18.3 Å². The van der Waals surface area contributed by atoms with Gasteiger partial charge in [0.1, 0.15) is 5.75 Å². The second-order valence-electron chi connectivity index (χ2n) is 2.57. The van der Waals surface area contributed by atoms with Gasteiger partial charge in [-0.1, -0.05) is 12.1 Å². The number of phenolic OH excluding ortho intramolecular Hbond substituents is 1. The average molecular weight is 192 g/mol. The minimum absolute atomic E-state index is 0.0880. The number of rotatable bonds is 3. The second kappa shape index (κ2) is 4.23. The summed E-state index contributed by atoms with van der Waals surface area (Å²) >= 11 is 0. The van der Waals surface area contributed by atoms with Gasteiger partial charge in [0.05, 0.1) is 5.56 Å². The molecule has 0 aliphatic heterocycles. The molecule has 0 unspecified atom stereocenters. The van der Waals surface area contributed by atoms with Gasteiger partial charge in [0.15, 0.2) is 6.29 Å². The van der Waals surface area contributed by atoms with Crippen LogP contribution in [0.15, 0.2) is 24.3 Å². The summed E-state index contributed by atoms with van der Waals surface area (Å²) in [5.41, 5.74) is 0.465. The SMILES string of the molecule is O=Cc1c(O)cccc1/C=C/C(=O)O. The van der Waals surface area contributed by atoms with Gasteiger partial charge in [-0.05, 0) is 17.7 Å². The zero-order valence-corrected chi connectivity index (χ0v) is 7.18. The third-order valence-corrected chi connectivity index (χ3v) is 1.64. The number of carboxylic acids is 1. The van der Waals surface area contributed by atoms with E-state index in [-0.39, 0.29) is 11.3 Å². The predicted molar refractivity (Wildman–Crippen MR) is 50.2 cm³/mol. The lowest BCUT2D eigenvalue weighted by molar-refractivity contribution is -0.131. The summed E-state index contributed by atoms with van der Waals surface area (Å²) in [7, 11) is 0. The highest BCUT2D eigenvalue weighted by Gasteiger charge is 2.03. The Morgan fingerprint density at radius 2 is 2.07 bits per heavy atom. The van der Waals surface area contributed by atoms with Gasteiger partial charge in [0, 0.05) is 6.08 Å². The quantitative estimate of drug-likeness (QED) is 0.559. The second-order valence-corrected chi connectivity index (χ2v) is 2.57. The standard InChI is InChI=1S/C10H8O4/c11-6-8-7(4-5-10(13)14)2-1-3-9(8)12/h1-6,12H,(H,13,14)/b5-4+. The van der Waals surface area contributed by atoms with E-state index in [2.05, 4.69) is 0 Å². The molecule has 0 radical (unpaired) electrons. The van der Waals surface area contributed by atoms with Crippen LogP contribution >= 0.6 is 0 Å². The molecule has 0 atom stereocenters. The molecule has 1 aromatic carbocycles. The lowest BCUT2D eigenvalue weighted by atomic mass is 10.1. The van der Waals surface area contributed by atoms with Crippen LogP contribution in [0.1, 0.15) is 15.9 Å². The van der Waals surface area contributed by atoms with Gasteiger partial charge in [-0.2, -0.15) is 0 Å². The first-order chi connectivity index (χ1) is 6.65. The lowest BCUT2D eigenvalue weighted by Gasteiger charge is -2.00. The molecule has 0 bridgehead atoms. The largest absolute Gasteiger partial charge is 0.507 e. The Morgan fingerprint density at radius 3 is 2.64 bits per heavy atom. The number of aldehydes is 1. The summed E-state index contributed by atoms with van der Waals surface area (Å²) in [6.45, 7) is 0. The maximum Gasteiger partial charge on any atom is 0.328 e. The summed E-state index contributed by atoms with van der Waals surface area (Å²) in [6, 6.07) is 4.44. The number of hydrogen-bond acceptors (Lipinski definition) is 3. The number of carbonyl (C=O) groups excluding carboxylic acids is 1. The third-order valence-electron chi connectivity index (χ3n) is 1.64. The lowest BCUT2D eigenvalue weighted by Crippen LogP contribution is -1.89. The van der Waals surface area contributed by atoms with Crippen LogP contribution in [0.4, 0.5) is 0 Å². The van der Waals surface area contributed by atoms with Gasteiger partial charge in [0.25, 0.3) is 0 Å². The fourth-order valence-electron chi connectivity index (χ4n) is 1.01. The topological polar surface area (TPSA) is 74.6 Å². The molecule has 72 valence electrons. The Hall–Kier alpha value is -2.10. The van der Waals surface area contributed by atoms with Crippen LogP contribution in [-0.2, 0) is 4.79 Å². The predicted octanol–water partition coefficient (Wildman–Crippen LogP) is 1.30. The Bertz CT molecular complexity index is 393. The molecular formula is C10H8O4. The molecule has 1 rings (SSSR count). The third kappa shape index (κ3) is 2.20. The van der Waals surface area contributed by atoms with Crippen molar-refractivity contribution in [3.05, 3.63) is 35.4 Å². The number of benzene rings is 1. The van der Waals surface area contributed by atoms with Crippen molar-refractivity contribution < 1.29 is 19.8 Å². The molecule has 14 heavy (non-hydrogen) atoms. The van der Waals surface area contributed by atoms with Crippen LogP contribution in [-0.4, -0.2) is 22.5 Å². The molecule has 4 nitrogen and oxygen atoms in total. The average Bonchev–Trinajstić information content (AvgIpc) is 2.14. The van der Waals surface area contributed by atoms with Gasteiger partial charge in [-0.25, -0.2) is 4.79 Å². The maximum atomic E-state index is 10.6. The van der Waals surface area contributed by atoms with Gasteiger partial charge < -0.3 is 10.2 Å². The van der Waals surface area contributed by atoms with E-state index < -0.39 is 5.97 Å². The Kier molecular flexibility index (Phi) is 3.01. The monoisotopic (exact) mass is 192 g/mol. The molecule has 0 saturated carbocycles. The van der Waals surface area contributed by atoms with E-state index in [1.165, 1.54) is 18.2 Å². The van der Waals surface area contributed by atoms with Crippen LogP contribution in [0.2, 0.25) is 0 Å². The van der Waals surface area contributed by atoms with E-state index in [1.54, 1.807) is 6.07 Å². The smallest absolute Gasteiger partial charge is 0.328 e. The molecule has 4 heteroatoms. The zero-order valence-electron chi connectivity index (χ0n) is 7.18. The summed E-state index contributed by atoms with van der Waals surface area (Å²) in [5.74, 6) is -1.27. The van der Waals surface area contributed by atoms with Gasteiger partial charge >= 0.3 is 5.97 Å². The highest BCUT2D eigenvalue weighted by Crippen LogP contribution is 2.19. The van der Waals surface area contributed by atoms with Crippen LogP contribution in [0.3, 0.4) is 0 Å². The molecule has 0 heterocycles. The Balaban J connectivity index is 3.14. The highest BCUT2D eigenvalue weighted by atomic mass is 16.4. The van der Waals surface area contributed by atoms with Gasteiger partial charge in [-0.15, -0.1) is 0 Å². The number of carbonyl (C=O) groups is 2. The van der Waals surface area contributed by atoms with Gasteiger partial charge in [-0.3, -0.25) is 4.79 Å². The van der Waals surface area contributed by atoms with Crippen molar-refractivity contribution in [3.8, 4) is 5.75 Å². The fourth-order valence-corrected chi connectivity index (χ4v) is 1.01. The Labute approximate surface area is 80.1 Å². The van der Waals surface area contributed by atoms with E-state index in [4.69, 9.17) is 5.11 Å². The zero-order chi connectivity index (χ0) is 10.6. The summed E-state index contributed by atoms with van der Waals surface area (Å²) < 4.78 is 0. The van der Waals surface area contributed by atoms with Crippen LogP contribution in [0.25, 0.3) is 6.08 Å². The molecular weight excluding hydrogens is 184 g/mol. The van der Waals surface area contributed by atoms with E-state index in [0.29, 0.717) is 11.8 Å². The molecule has 0 aromatic heterocycles. The first kappa shape index (κ1) is 9.98. The van der Waals surface area contributed by atoms with Crippen molar-refractivity contribution in [2.24, 2.45) is 0 Å². The first-order valence-electron chi connectivity index (χ1n) is 3.83. The van der Waals surface area contributed by atoms with Crippen LogP contribution < -0.4 is 0 Å². The number of phenols is 1. The Morgan fingerprint density at radius 1 is 1.36 bits per heavy atom. The molecule has 0 saturated heterocycles. The van der Waals surface area contributed by atoms with E-state index in [1.807, 2.05) is 0 Å². The first-order valence-corrected chi connectivity index (χ1v) is 3.83. The molecule has 0 fully saturated rings. The summed E-state index contributed by atoms with van der Waals surface area (Å²) in [4.78, 5) is 20.8. The van der Waals surface area contributed by atoms with Gasteiger partial charge in [0.2, 0.25) is 0 Å². The summed E-state index contributed by atoms with van der Waals surface area (Å²) in [6.07, 6.45) is 2.64. The van der Waals surface area contributed by atoms with E-state index in [9.17, 15) is 14.7 Å². The molecule has 0 aliphatic rings. The van der Waals surface area contributed by atoms with Crippen molar-refractivity contribution in [2.45, 2.75) is 0 Å². The minimum atomic E-state index is -1.11. The van der Waals surface area contributed by atoms with Crippen molar-refractivity contribution in [3.63, 3.8) is 0 Å². The highest BCUT2D eigenvalue weighted by molar-refractivity contribution is 5.90. The van der Waals surface area contributed by atoms with Crippen molar-refractivity contribution in [2.75, 3.05) is 0 Å². The van der Waals surface area contributed by atoms with Crippen molar-refractivity contribution in [1.82, 2.24) is 0 Å². The maximum absolute atomic E-state index is 10.6. The van der Waals surface area contributed by atoms with Crippen LogP contribution in [0, 0.1) is 0 Å². The minimum Gasteiger partial charge on any atom is -0.507 e. The number of hydrogen-bond donors (Lipinski definition) is 2. The number of aliphatic carboxylic acids is 1. The van der Waals surface area contributed by atoms with E-state index >= 15 is 0 Å². The normalized spacial score (nSPS) is 10.3.